The Morgan fingerprint density at radius 3 is 2.45 bits per heavy atom. The van der Waals surface area contributed by atoms with Gasteiger partial charge >= 0.3 is 0 Å². The summed E-state index contributed by atoms with van der Waals surface area (Å²) in [6.45, 7) is 1.35. The molecule has 2 N–H and O–H groups in total. The van der Waals surface area contributed by atoms with E-state index in [-0.39, 0.29) is 6.61 Å². The average molecular weight is 336 g/mol. The molecule has 0 heterocycles. The molecule has 3 nitrogen and oxygen atoms in total. The zero-order chi connectivity index (χ0) is 14.4. The highest BCUT2D eigenvalue weighted by Crippen LogP contribution is 2.24. The minimum Gasteiger partial charge on any atom is -0.489 e. The molecular formula is C16H18BrNO2. The van der Waals surface area contributed by atoms with Crippen molar-refractivity contribution in [1.29, 1.82) is 0 Å². The quantitative estimate of drug-likeness (QED) is 0.851. The highest BCUT2D eigenvalue weighted by Gasteiger charge is 2.04. The Kier molecular flexibility index (Phi) is 5.59. The standard InChI is InChI=1S/C16H18BrNO2/c1-18-9-14-8-15(17)6-7-16(14)20-11-13-4-2-12(10-19)3-5-13/h2-8,18-19H,9-11H2,1H3. The van der Waals surface area contributed by atoms with Gasteiger partial charge in [0.05, 0.1) is 6.61 Å². The van der Waals surface area contributed by atoms with Crippen molar-refractivity contribution in [2.24, 2.45) is 0 Å². The van der Waals surface area contributed by atoms with E-state index in [4.69, 9.17) is 9.84 Å². The fraction of sp³-hybridized carbons (Fsp3) is 0.250. The topological polar surface area (TPSA) is 41.5 Å². The van der Waals surface area contributed by atoms with E-state index in [1.54, 1.807) is 0 Å². The van der Waals surface area contributed by atoms with Gasteiger partial charge in [-0.25, -0.2) is 0 Å². The van der Waals surface area contributed by atoms with Crippen LogP contribution in [-0.4, -0.2) is 12.2 Å². The molecule has 0 aromatic heterocycles. The first-order valence-corrected chi connectivity index (χ1v) is 7.26. The third kappa shape index (κ3) is 4.07. The van der Waals surface area contributed by atoms with Crippen molar-refractivity contribution in [3.8, 4) is 5.75 Å². The SMILES string of the molecule is CNCc1cc(Br)ccc1OCc1ccc(CO)cc1. The highest BCUT2D eigenvalue weighted by molar-refractivity contribution is 9.10. The second-order valence-electron chi connectivity index (χ2n) is 4.55. The first-order valence-electron chi connectivity index (χ1n) is 6.47. The van der Waals surface area contributed by atoms with Crippen LogP contribution in [0.2, 0.25) is 0 Å². The molecule has 2 rings (SSSR count). The number of hydrogen-bond donors (Lipinski definition) is 2. The molecule has 0 fully saturated rings. The molecule has 20 heavy (non-hydrogen) atoms. The van der Waals surface area contributed by atoms with Crippen molar-refractivity contribution in [3.05, 3.63) is 63.6 Å². The minimum absolute atomic E-state index is 0.0696. The molecule has 0 bridgehead atoms. The van der Waals surface area contributed by atoms with Gasteiger partial charge in [-0.05, 0) is 36.4 Å². The van der Waals surface area contributed by atoms with Crippen LogP contribution in [0.3, 0.4) is 0 Å². The van der Waals surface area contributed by atoms with Gasteiger partial charge in [-0.1, -0.05) is 40.2 Å². The lowest BCUT2D eigenvalue weighted by molar-refractivity contribution is 0.281. The zero-order valence-electron chi connectivity index (χ0n) is 11.4. The molecule has 2 aromatic carbocycles. The molecule has 0 aliphatic rings. The van der Waals surface area contributed by atoms with Crippen LogP contribution < -0.4 is 10.1 Å². The van der Waals surface area contributed by atoms with Crippen molar-refractivity contribution in [2.75, 3.05) is 7.05 Å². The first-order chi connectivity index (χ1) is 9.72. The normalized spacial score (nSPS) is 10.6. The third-order valence-corrected chi connectivity index (χ3v) is 3.48. The van der Waals surface area contributed by atoms with Crippen LogP contribution >= 0.6 is 15.9 Å². The molecule has 0 saturated heterocycles. The maximum atomic E-state index is 9.02. The second kappa shape index (κ2) is 7.43. The Balaban J connectivity index is 2.05. The predicted molar refractivity (Wildman–Crippen MR) is 83.6 cm³/mol. The van der Waals surface area contributed by atoms with E-state index in [0.717, 1.165) is 33.5 Å². The summed E-state index contributed by atoms with van der Waals surface area (Å²) in [7, 11) is 1.91. The van der Waals surface area contributed by atoms with Crippen LogP contribution in [0.1, 0.15) is 16.7 Å². The van der Waals surface area contributed by atoms with Crippen LogP contribution in [0.25, 0.3) is 0 Å². The maximum absolute atomic E-state index is 9.02. The number of halogens is 1. The lowest BCUT2D eigenvalue weighted by Crippen LogP contribution is -2.07. The number of aliphatic hydroxyl groups is 1. The van der Waals surface area contributed by atoms with Gasteiger partial charge in [-0.3, -0.25) is 0 Å². The van der Waals surface area contributed by atoms with Gasteiger partial charge in [-0.15, -0.1) is 0 Å². The van der Waals surface area contributed by atoms with Crippen LogP contribution in [0, 0.1) is 0 Å². The molecule has 0 atom stereocenters. The lowest BCUT2D eigenvalue weighted by atomic mass is 10.1. The minimum atomic E-state index is 0.0696. The summed E-state index contributed by atoms with van der Waals surface area (Å²) < 4.78 is 6.92. The summed E-state index contributed by atoms with van der Waals surface area (Å²) in [5, 5.41) is 12.2. The fourth-order valence-corrected chi connectivity index (χ4v) is 2.33. The molecular weight excluding hydrogens is 318 g/mol. The number of aliphatic hydroxyl groups excluding tert-OH is 1. The smallest absolute Gasteiger partial charge is 0.124 e. The Hall–Kier alpha value is -1.36. The number of nitrogens with one attached hydrogen (secondary N) is 1. The van der Waals surface area contributed by atoms with Gasteiger partial charge in [0, 0.05) is 16.6 Å². The highest BCUT2D eigenvalue weighted by atomic mass is 79.9. The summed E-state index contributed by atoms with van der Waals surface area (Å²) in [6.07, 6.45) is 0. The van der Waals surface area contributed by atoms with Gasteiger partial charge in [-0.2, -0.15) is 0 Å². The van der Waals surface area contributed by atoms with E-state index in [9.17, 15) is 0 Å². The maximum Gasteiger partial charge on any atom is 0.124 e. The van der Waals surface area contributed by atoms with E-state index in [0.29, 0.717) is 6.61 Å². The first kappa shape index (κ1) is 15.0. The van der Waals surface area contributed by atoms with E-state index < -0.39 is 0 Å². The average Bonchev–Trinajstić information content (AvgIpc) is 2.47. The molecule has 0 saturated carbocycles. The molecule has 0 unspecified atom stereocenters. The van der Waals surface area contributed by atoms with Crippen LogP contribution in [0.4, 0.5) is 0 Å². The zero-order valence-corrected chi connectivity index (χ0v) is 13.0. The summed E-state index contributed by atoms with van der Waals surface area (Å²) in [5.41, 5.74) is 3.11. The predicted octanol–water partition coefficient (Wildman–Crippen LogP) is 3.24. The van der Waals surface area contributed by atoms with Crippen LogP contribution in [0.5, 0.6) is 5.75 Å². The van der Waals surface area contributed by atoms with Gasteiger partial charge in [0.25, 0.3) is 0 Å². The summed E-state index contributed by atoms with van der Waals surface area (Å²) in [4.78, 5) is 0. The van der Waals surface area contributed by atoms with E-state index >= 15 is 0 Å². The largest absolute Gasteiger partial charge is 0.489 e. The van der Waals surface area contributed by atoms with Crippen LogP contribution in [0.15, 0.2) is 46.9 Å². The summed E-state index contributed by atoms with van der Waals surface area (Å²) in [6, 6.07) is 13.8. The van der Waals surface area contributed by atoms with E-state index in [1.807, 2.05) is 43.4 Å². The van der Waals surface area contributed by atoms with Crippen molar-refractivity contribution in [3.63, 3.8) is 0 Å². The number of rotatable bonds is 6. The summed E-state index contributed by atoms with van der Waals surface area (Å²) >= 11 is 3.47. The number of ether oxygens (including phenoxy) is 1. The Labute approximate surface area is 127 Å². The van der Waals surface area contributed by atoms with Gasteiger partial charge in [0.2, 0.25) is 0 Å². The monoisotopic (exact) mass is 335 g/mol. The molecule has 0 aliphatic heterocycles. The molecule has 2 aromatic rings. The van der Waals surface area contributed by atoms with Crippen molar-refractivity contribution < 1.29 is 9.84 Å². The van der Waals surface area contributed by atoms with E-state index in [2.05, 4.69) is 27.3 Å². The molecule has 0 amide bonds. The second-order valence-corrected chi connectivity index (χ2v) is 5.46. The van der Waals surface area contributed by atoms with Gasteiger partial charge < -0.3 is 15.2 Å². The van der Waals surface area contributed by atoms with Gasteiger partial charge in [0.15, 0.2) is 0 Å². The molecule has 0 spiro atoms. The van der Waals surface area contributed by atoms with Gasteiger partial charge in [0.1, 0.15) is 12.4 Å². The van der Waals surface area contributed by atoms with Crippen molar-refractivity contribution in [1.82, 2.24) is 5.32 Å². The lowest BCUT2D eigenvalue weighted by Gasteiger charge is -2.12. The molecule has 0 radical (unpaired) electrons. The number of hydrogen-bond acceptors (Lipinski definition) is 3. The number of benzene rings is 2. The Bertz CT molecular complexity index is 555. The molecule has 4 heteroatoms. The fourth-order valence-electron chi connectivity index (χ4n) is 1.92. The van der Waals surface area contributed by atoms with Crippen LogP contribution in [-0.2, 0) is 19.8 Å². The third-order valence-electron chi connectivity index (χ3n) is 2.99. The Morgan fingerprint density at radius 1 is 1.10 bits per heavy atom. The molecule has 0 aliphatic carbocycles. The summed E-state index contributed by atoms with van der Waals surface area (Å²) in [5.74, 6) is 0.883. The van der Waals surface area contributed by atoms with Crippen molar-refractivity contribution >= 4 is 15.9 Å². The van der Waals surface area contributed by atoms with E-state index in [1.165, 1.54) is 0 Å². The Morgan fingerprint density at radius 2 is 1.80 bits per heavy atom. The van der Waals surface area contributed by atoms with Crippen molar-refractivity contribution in [2.45, 2.75) is 19.8 Å². The molecule has 106 valence electrons.